The highest BCUT2D eigenvalue weighted by Crippen LogP contribution is 2.26. The van der Waals surface area contributed by atoms with E-state index >= 15 is 0 Å². The number of nitrogens with zero attached hydrogens (tertiary/aromatic N) is 2. The predicted molar refractivity (Wildman–Crippen MR) is 114 cm³/mol. The Bertz CT molecular complexity index is 1020. The van der Waals surface area contributed by atoms with Crippen LogP contribution in [-0.2, 0) is 9.59 Å². The number of carbonyl (C=O) groups excluding carboxylic acids is 3. The first-order valence-electron chi connectivity index (χ1n) is 10.3. The lowest BCUT2D eigenvalue weighted by Crippen LogP contribution is -2.49. The van der Waals surface area contributed by atoms with Crippen molar-refractivity contribution in [1.29, 1.82) is 5.26 Å². The standard InChI is InChI=1S/C22H27N5O4/c1-13(2)27(15(11-23)9-14-7-8-24-21(14)29)20(28)12-25-22(30)18-10-16-17(26-18)5-4-6-19(16)31-3/h4-6,10,13-15,26H,7-9,12H2,1-3H3,(H,24,29)(H,25,30)/t14-,15-/m0/s1. The Labute approximate surface area is 180 Å². The quantitative estimate of drug-likeness (QED) is 0.591. The van der Waals surface area contributed by atoms with Crippen molar-refractivity contribution in [2.45, 2.75) is 38.8 Å². The number of H-pyrrole nitrogens is 1. The number of benzene rings is 1. The molecule has 9 heteroatoms. The van der Waals surface area contributed by atoms with Gasteiger partial charge in [0, 0.05) is 29.4 Å². The summed E-state index contributed by atoms with van der Waals surface area (Å²) in [6.45, 7) is 3.95. The van der Waals surface area contributed by atoms with Gasteiger partial charge in [-0.25, -0.2) is 0 Å². The molecular formula is C22H27N5O4. The first-order valence-corrected chi connectivity index (χ1v) is 10.3. The highest BCUT2D eigenvalue weighted by Gasteiger charge is 2.33. The fourth-order valence-corrected chi connectivity index (χ4v) is 3.96. The zero-order valence-corrected chi connectivity index (χ0v) is 17.9. The third kappa shape index (κ3) is 4.79. The number of methoxy groups -OCH3 is 1. The Kier molecular flexibility index (Phi) is 6.80. The summed E-state index contributed by atoms with van der Waals surface area (Å²) >= 11 is 0. The summed E-state index contributed by atoms with van der Waals surface area (Å²) in [5.74, 6) is -0.530. The van der Waals surface area contributed by atoms with Crippen LogP contribution in [0.3, 0.4) is 0 Å². The van der Waals surface area contributed by atoms with Crippen molar-refractivity contribution in [3.05, 3.63) is 30.0 Å². The Hall–Kier alpha value is -3.54. The van der Waals surface area contributed by atoms with Gasteiger partial charge in [0.05, 0.1) is 19.7 Å². The minimum absolute atomic E-state index is 0.0843. The molecular weight excluding hydrogens is 398 g/mol. The molecule has 0 aliphatic carbocycles. The molecule has 3 N–H and O–H groups in total. The molecule has 0 saturated carbocycles. The number of amides is 3. The molecule has 1 aromatic carbocycles. The molecule has 0 unspecified atom stereocenters. The van der Waals surface area contributed by atoms with E-state index in [-0.39, 0.29) is 36.7 Å². The predicted octanol–water partition coefficient (Wildman–Crippen LogP) is 1.56. The molecule has 0 bridgehead atoms. The van der Waals surface area contributed by atoms with Gasteiger partial charge in [0.2, 0.25) is 11.8 Å². The largest absolute Gasteiger partial charge is 0.496 e. The van der Waals surface area contributed by atoms with E-state index in [1.54, 1.807) is 19.2 Å². The van der Waals surface area contributed by atoms with Crippen molar-refractivity contribution < 1.29 is 19.1 Å². The summed E-state index contributed by atoms with van der Waals surface area (Å²) in [6.07, 6.45) is 0.930. The van der Waals surface area contributed by atoms with Crippen LogP contribution in [0.25, 0.3) is 10.9 Å². The minimum atomic E-state index is -0.740. The monoisotopic (exact) mass is 425 g/mol. The number of rotatable bonds is 8. The van der Waals surface area contributed by atoms with Gasteiger partial charge in [-0.1, -0.05) is 6.07 Å². The van der Waals surface area contributed by atoms with Crippen LogP contribution < -0.4 is 15.4 Å². The summed E-state index contributed by atoms with van der Waals surface area (Å²) in [5.41, 5.74) is 1.06. The van der Waals surface area contributed by atoms with Crippen molar-refractivity contribution in [2.75, 3.05) is 20.2 Å². The van der Waals surface area contributed by atoms with E-state index < -0.39 is 11.9 Å². The summed E-state index contributed by atoms with van der Waals surface area (Å²) in [5, 5.41) is 15.8. The SMILES string of the molecule is COc1cccc2[nH]c(C(=O)NCC(=O)N(C(C)C)[C@H](C#N)C[C@@H]3CCNC3=O)cc12. The number of nitriles is 1. The van der Waals surface area contributed by atoms with E-state index in [0.717, 1.165) is 10.9 Å². The summed E-state index contributed by atoms with van der Waals surface area (Å²) in [7, 11) is 1.56. The molecule has 1 fully saturated rings. The third-order valence-corrected chi connectivity index (χ3v) is 5.49. The Morgan fingerprint density at radius 1 is 1.39 bits per heavy atom. The van der Waals surface area contributed by atoms with Gasteiger partial charge in [0.1, 0.15) is 17.5 Å². The first-order chi connectivity index (χ1) is 14.8. The molecule has 0 spiro atoms. The second-order valence-corrected chi connectivity index (χ2v) is 7.84. The van der Waals surface area contributed by atoms with E-state index in [2.05, 4.69) is 21.7 Å². The highest BCUT2D eigenvalue weighted by molar-refractivity contribution is 6.00. The van der Waals surface area contributed by atoms with Crippen LogP contribution in [0.1, 0.15) is 37.2 Å². The topological polar surface area (TPSA) is 127 Å². The van der Waals surface area contributed by atoms with Crippen LogP contribution in [0, 0.1) is 17.2 Å². The summed E-state index contributed by atoms with van der Waals surface area (Å²) in [4.78, 5) is 41.8. The lowest BCUT2D eigenvalue weighted by atomic mass is 9.97. The molecule has 9 nitrogen and oxygen atoms in total. The minimum Gasteiger partial charge on any atom is -0.496 e. The van der Waals surface area contributed by atoms with E-state index in [0.29, 0.717) is 24.4 Å². The van der Waals surface area contributed by atoms with Gasteiger partial charge in [-0.05, 0) is 44.9 Å². The van der Waals surface area contributed by atoms with Gasteiger partial charge in [0.25, 0.3) is 5.91 Å². The lowest BCUT2D eigenvalue weighted by molar-refractivity contribution is -0.134. The van der Waals surface area contributed by atoms with Gasteiger partial charge >= 0.3 is 0 Å². The van der Waals surface area contributed by atoms with Crippen LogP contribution in [-0.4, -0.2) is 59.9 Å². The van der Waals surface area contributed by atoms with Crippen molar-refractivity contribution in [1.82, 2.24) is 20.5 Å². The fourth-order valence-electron chi connectivity index (χ4n) is 3.96. The molecule has 0 radical (unpaired) electrons. The van der Waals surface area contributed by atoms with Crippen molar-refractivity contribution in [3.63, 3.8) is 0 Å². The number of nitrogens with one attached hydrogen (secondary N) is 3. The number of hydrogen-bond donors (Lipinski definition) is 3. The summed E-state index contributed by atoms with van der Waals surface area (Å²) in [6, 6.07) is 8.28. The fraction of sp³-hybridized carbons (Fsp3) is 0.455. The third-order valence-electron chi connectivity index (χ3n) is 5.49. The second kappa shape index (κ2) is 9.51. The number of carbonyl (C=O) groups is 3. The molecule has 31 heavy (non-hydrogen) atoms. The number of ether oxygens (including phenoxy) is 1. The maximum Gasteiger partial charge on any atom is 0.268 e. The smallest absolute Gasteiger partial charge is 0.268 e. The molecule has 1 aliphatic heterocycles. The Morgan fingerprint density at radius 2 is 2.16 bits per heavy atom. The van der Waals surface area contributed by atoms with E-state index in [4.69, 9.17) is 4.74 Å². The van der Waals surface area contributed by atoms with Crippen LogP contribution in [0.2, 0.25) is 0 Å². The maximum absolute atomic E-state index is 12.9. The molecule has 1 saturated heterocycles. The molecule has 1 aromatic heterocycles. The van der Waals surface area contributed by atoms with Crippen LogP contribution >= 0.6 is 0 Å². The maximum atomic E-state index is 12.9. The van der Waals surface area contributed by atoms with Crippen LogP contribution in [0.4, 0.5) is 0 Å². The first kappa shape index (κ1) is 22.2. The highest BCUT2D eigenvalue weighted by atomic mass is 16.5. The zero-order valence-electron chi connectivity index (χ0n) is 17.9. The van der Waals surface area contributed by atoms with Gasteiger partial charge in [-0.3, -0.25) is 14.4 Å². The lowest BCUT2D eigenvalue weighted by Gasteiger charge is -2.32. The molecule has 2 aromatic rings. The molecule has 3 amide bonds. The molecule has 1 aliphatic rings. The van der Waals surface area contributed by atoms with E-state index in [1.807, 2.05) is 26.0 Å². The van der Waals surface area contributed by atoms with Crippen molar-refractivity contribution in [2.24, 2.45) is 5.92 Å². The van der Waals surface area contributed by atoms with Gasteiger partial charge in [0.15, 0.2) is 0 Å². The molecule has 3 rings (SSSR count). The Balaban J connectivity index is 1.67. The van der Waals surface area contributed by atoms with E-state index in [1.165, 1.54) is 4.90 Å². The van der Waals surface area contributed by atoms with Crippen LogP contribution in [0.5, 0.6) is 5.75 Å². The zero-order chi connectivity index (χ0) is 22.5. The van der Waals surface area contributed by atoms with E-state index in [9.17, 15) is 19.6 Å². The second-order valence-electron chi connectivity index (χ2n) is 7.84. The molecule has 2 heterocycles. The molecule has 164 valence electrons. The Morgan fingerprint density at radius 3 is 2.77 bits per heavy atom. The number of aromatic nitrogens is 1. The van der Waals surface area contributed by atoms with Gasteiger partial charge in [-0.2, -0.15) is 5.26 Å². The average Bonchev–Trinajstić information content (AvgIpc) is 3.37. The summed E-state index contributed by atoms with van der Waals surface area (Å²) < 4.78 is 5.31. The van der Waals surface area contributed by atoms with Crippen molar-refractivity contribution in [3.8, 4) is 11.8 Å². The van der Waals surface area contributed by atoms with Crippen LogP contribution in [0.15, 0.2) is 24.3 Å². The van der Waals surface area contributed by atoms with Gasteiger partial charge < -0.3 is 25.3 Å². The average molecular weight is 425 g/mol. The number of hydrogen-bond acceptors (Lipinski definition) is 5. The normalized spacial score (nSPS) is 16.6. The number of aromatic amines is 1. The van der Waals surface area contributed by atoms with Crippen molar-refractivity contribution >= 4 is 28.6 Å². The molecule has 2 atom stereocenters. The van der Waals surface area contributed by atoms with Gasteiger partial charge in [-0.15, -0.1) is 0 Å². The number of fused-ring (bicyclic) bond motifs is 1.